The van der Waals surface area contributed by atoms with Crippen LogP contribution >= 0.6 is 0 Å². The molecule has 0 bridgehead atoms. The van der Waals surface area contributed by atoms with Crippen molar-refractivity contribution in [3.05, 3.63) is 42.2 Å². The number of hydrogen-bond donors (Lipinski definition) is 0. The van der Waals surface area contributed by atoms with Gasteiger partial charge in [-0.05, 0) is 19.9 Å². The topological polar surface area (TPSA) is 38.9 Å². The standard InChI is InChI=1S/C11H14N2O/c1-4-6-7-8-10(5-2)11-13-12-9(3)14-11/h4-8H,1-3H3/b6-4+,8-7-,10-5+. The molecule has 0 radical (unpaired) electrons. The molecule has 0 N–H and O–H groups in total. The van der Waals surface area contributed by atoms with Crippen LogP contribution in [0.2, 0.25) is 0 Å². The van der Waals surface area contributed by atoms with E-state index in [1.807, 2.05) is 44.2 Å². The summed E-state index contributed by atoms with van der Waals surface area (Å²) in [6.45, 7) is 5.69. The Morgan fingerprint density at radius 2 is 2.00 bits per heavy atom. The summed E-state index contributed by atoms with van der Waals surface area (Å²) in [5.74, 6) is 1.14. The zero-order valence-corrected chi connectivity index (χ0v) is 8.69. The van der Waals surface area contributed by atoms with Crippen molar-refractivity contribution in [1.82, 2.24) is 10.2 Å². The third-order valence-corrected chi connectivity index (χ3v) is 1.66. The van der Waals surface area contributed by atoms with E-state index in [4.69, 9.17) is 4.42 Å². The van der Waals surface area contributed by atoms with E-state index in [-0.39, 0.29) is 0 Å². The number of allylic oxidation sites excluding steroid dienone is 6. The molecule has 0 spiro atoms. The minimum atomic E-state index is 0.561. The predicted octanol–water partition coefficient (Wildman–Crippen LogP) is 2.91. The molecule has 0 aliphatic rings. The van der Waals surface area contributed by atoms with Gasteiger partial charge in [0.15, 0.2) is 0 Å². The van der Waals surface area contributed by atoms with Gasteiger partial charge in [-0.15, -0.1) is 10.2 Å². The Morgan fingerprint density at radius 1 is 1.21 bits per heavy atom. The summed E-state index contributed by atoms with van der Waals surface area (Å²) >= 11 is 0. The molecular weight excluding hydrogens is 176 g/mol. The van der Waals surface area contributed by atoms with Gasteiger partial charge in [0.1, 0.15) is 0 Å². The van der Waals surface area contributed by atoms with Gasteiger partial charge in [0.05, 0.1) is 0 Å². The molecule has 1 rings (SSSR count). The summed E-state index contributed by atoms with van der Waals surface area (Å²) in [7, 11) is 0. The minimum Gasteiger partial charge on any atom is -0.421 e. The average molecular weight is 190 g/mol. The summed E-state index contributed by atoms with van der Waals surface area (Å²) in [5, 5.41) is 7.71. The van der Waals surface area contributed by atoms with Crippen LogP contribution in [-0.4, -0.2) is 10.2 Å². The molecule has 0 amide bonds. The van der Waals surface area contributed by atoms with Gasteiger partial charge in [0.2, 0.25) is 11.8 Å². The van der Waals surface area contributed by atoms with Crippen LogP contribution in [0.3, 0.4) is 0 Å². The van der Waals surface area contributed by atoms with Crippen molar-refractivity contribution in [3.63, 3.8) is 0 Å². The highest BCUT2D eigenvalue weighted by molar-refractivity contribution is 5.68. The second-order valence-corrected chi connectivity index (χ2v) is 2.76. The van der Waals surface area contributed by atoms with Crippen molar-refractivity contribution in [2.24, 2.45) is 0 Å². The van der Waals surface area contributed by atoms with E-state index in [1.165, 1.54) is 0 Å². The van der Waals surface area contributed by atoms with Gasteiger partial charge in [-0.1, -0.05) is 24.3 Å². The first-order chi connectivity index (χ1) is 6.77. The minimum absolute atomic E-state index is 0.561. The molecule has 1 aromatic rings. The highest BCUT2D eigenvalue weighted by atomic mass is 16.4. The highest BCUT2D eigenvalue weighted by Crippen LogP contribution is 2.13. The smallest absolute Gasteiger partial charge is 0.247 e. The molecule has 0 unspecified atom stereocenters. The number of rotatable bonds is 3. The lowest BCUT2D eigenvalue weighted by molar-refractivity contribution is 0.507. The fraction of sp³-hybridized carbons (Fsp3) is 0.273. The molecule has 3 heteroatoms. The van der Waals surface area contributed by atoms with Gasteiger partial charge in [-0.25, -0.2) is 0 Å². The summed E-state index contributed by atoms with van der Waals surface area (Å²) in [5.41, 5.74) is 0.934. The highest BCUT2D eigenvalue weighted by Gasteiger charge is 2.04. The molecule has 0 fully saturated rings. The number of aromatic nitrogens is 2. The maximum Gasteiger partial charge on any atom is 0.247 e. The Balaban J connectivity index is 2.84. The molecule has 1 heterocycles. The molecule has 3 nitrogen and oxygen atoms in total. The predicted molar refractivity (Wildman–Crippen MR) is 56.6 cm³/mol. The number of aryl methyl sites for hydroxylation is 1. The van der Waals surface area contributed by atoms with E-state index in [9.17, 15) is 0 Å². The normalized spacial score (nSPS) is 13.2. The Morgan fingerprint density at radius 3 is 2.50 bits per heavy atom. The molecule has 0 aliphatic carbocycles. The zero-order valence-electron chi connectivity index (χ0n) is 8.69. The fourth-order valence-corrected chi connectivity index (χ4v) is 0.975. The van der Waals surface area contributed by atoms with Crippen molar-refractivity contribution in [1.29, 1.82) is 0 Å². The lowest BCUT2D eigenvalue weighted by Crippen LogP contribution is -1.79. The van der Waals surface area contributed by atoms with Crippen LogP contribution < -0.4 is 0 Å². The first-order valence-corrected chi connectivity index (χ1v) is 4.54. The average Bonchev–Trinajstić information content (AvgIpc) is 2.60. The molecular formula is C11H14N2O. The summed E-state index contributed by atoms with van der Waals surface area (Å²) in [6.07, 6.45) is 9.73. The van der Waals surface area contributed by atoms with Crippen LogP contribution in [0, 0.1) is 6.92 Å². The SMILES string of the molecule is C/C=C/C=C\C(=C/C)c1nnc(C)o1. The van der Waals surface area contributed by atoms with Crippen LogP contribution in [-0.2, 0) is 0 Å². The van der Waals surface area contributed by atoms with E-state index >= 15 is 0 Å². The van der Waals surface area contributed by atoms with E-state index in [1.54, 1.807) is 6.92 Å². The van der Waals surface area contributed by atoms with Gasteiger partial charge in [0, 0.05) is 12.5 Å². The summed E-state index contributed by atoms with van der Waals surface area (Å²) < 4.78 is 5.30. The molecule has 1 aromatic heterocycles. The van der Waals surface area contributed by atoms with Crippen molar-refractivity contribution in [2.75, 3.05) is 0 Å². The molecule has 0 saturated heterocycles. The van der Waals surface area contributed by atoms with Gasteiger partial charge in [0.25, 0.3) is 0 Å². The molecule has 0 aliphatic heterocycles. The fourth-order valence-electron chi connectivity index (χ4n) is 0.975. The maximum absolute atomic E-state index is 5.30. The van der Waals surface area contributed by atoms with Crippen molar-refractivity contribution < 1.29 is 4.42 Å². The van der Waals surface area contributed by atoms with E-state index in [2.05, 4.69) is 10.2 Å². The zero-order chi connectivity index (χ0) is 10.4. The third-order valence-electron chi connectivity index (χ3n) is 1.66. The molecule has 0 atom stereocenters. The molecule has 0 saturated carbocycles. The maximum atomic E-state index is 5.30. The Bertz CT molecular complexity index is 372. The monoisotopic (exact) mass is 190 g/mol. The van der Waals surface area contributed by atoms with Crippen LogP contribution in [0.15, 0.2) is 34.8 Å². The second-order valence-electron chi connectivity index (χ2n) is 2.76. The molecule has 74 valence electrons. The third kappa shape index (κ3) is 2.69. The largest absolute Gasteiger partial charge is 0.421 e. The van der Waals surface area contributed by atoms with Gasteiger partial charge < -0.3 is 4.42 Å². The van der Waals surface area contributed by atoms with E-state index in [0.29, 0.717) is 11.8 Å². The van der Waals surface area contributed by atoms with Crippen LogP contribution in [0.5, 0.6) is 0 Å². The molecule has 14 heavy (non-hydrogen) atoms. The van der Waals surface area contributed by atoms with Crippen LogP contribution in [0.25, 0.3) is 5.57 Å². The van der Waals surface area contributed by atoms with Crippen molar-refractivity contribution in [2.45, 2.75) is 20.8 Å². The van der Waals surface area contributed by atoms with Crippen LogP contribution in [0.1, 0.15) is 25.6 Å². The van der Waals surface area contributed by atoms with E-state index < -0.39 is 0 Å². The van der Waals surface area contributed by atoms with Gasteiger partial charge in [-0.3, -0.25) is 0 Å². The summed E-state index contributed by atoms with van der Waals surface area (Å²) in [6, 6.07) is 0. The van der Waals surface area contributed by atoms with Gasteiger partial charge in [-0.2, -0.15) is 0 Å². The lowest BCUT2D eigenvalue weighted by atomic mass is 10.2. The Labute approximate surface area is 83.8 Å². The van der Waals surface area contributed by atoms with Crippen molar-refractivity contribution in [3.8, 4) is 0 Å². The van der Waals surface area contributed by atoms with Gasteiger partial charge >= 0.3 is 0 Å². The van der Waals surface area contributed by atoms with Crippen LogP contribution in [0.4, 0.5) is 0 Å². The number of hydrogen-bond acceptors (Lipinski definition) is 3. The second kappa shape index (κ2) is 5.17. The Kier molecular flexibility index (Phi) is 3.85. The molecule has 0 aromatic carbocycles. The Hall–Kier alpha value is -1.64. The van der Waals surface area contributed by atoms with Crippen molar-refractivity contribution >= 4 is 5.57 Å². The first kappa shape index (κ1) is 10.4. The van der Waals surface area contributed by atoms with E-state index in [0.717, 1.165) is 5.57 Å². The number of nitrogens with zero attached hydrogens (tertiary/aromatic N) is 2. The first-order valence-electron chi connectivity index (χ1n) is 4.54. The quantitative estimate of drug-likeness (QED) is 0.688. The summed E-state index contributed by atoms with van der Waals surface area (Å²) in [4.78, 5) is 0. The lowest BCUT2D eigenvalue weighted by Gasteiger charge is -1.91.